The fourth-order valence-corrected chi connectivity index (χ4v) is 5.63. The SMILES string of the molecule is CCCS(=O)(=O)Oc1ccc(C2(C3(OC)C=CC=C(c4ccccc4)C3)N=C(N)N(C)C2=O)cc1.Cl. The van der Waals surface area contributed by atoms with Crippen LogP contribution in [0.2, 0.25) is 0 Å². The molecular formula is C26H30ClN3O5S. The van der Waals surface area contributed by atoms with Gasteiger partial charge in [0.1, 0.15) is 11.4 Å². The molecular weight excluding hydrogens is 502 g/mol. The third kappa shape index (κ3) is 4.66. The monoisotopic (exact) mass is 531 g/mol. The quantitative estimate of drug-likeness (QED) is 0.521. The molecule has 2 atom stereocenters. The van der Waals surface area contributed by atoms with Crippen molar-refractivity contribution in [1.29, 1.82) is 0 Å². The summed E-state index contributed by atoms with van der Waals surface area (Å²) in [7, 11) is -0.583. The third-order valence-electron chi connectivity index (χ3n) is 6.43. The topological polar surface area (TPSA) is 111 Å². The van der Waals surface area contributed by atoms with Crippen molar-refractivity contribution in [2.75, 3.05) is 19.9 Å². The molecule has 2 aliphatic rings. The molecule has 0 bridgehead atoms. The van der Waals surface area contributed by atoms with Gasteiger partial charge in [-0.25, -0.2) is 4.99 Å². The molecule has 1 aliphatic heterocycles. The third-order valence-corrected chi connectivity index (χ3v) is 7.78. The zero-order valence-electron chi connectivity index (χ0n) is 20.4. The van der Waals surface area contributed by atoms with Crippen LogP contribution in [-0.2, 0) is 25.2 Å². The molecule has 192 valence electrons. The first-order chi connectivity index (χ1) is 16.7. The average molecular weight is 532 g/mol. The van der Waals surface area contributed by atoms with Crippen LogP contribution < -0.4 is 9.92 Å². The zero-order valence-corrected chi connectivity index (χ0v) is 22.0. The zero-order chi connectivity index (χ0) is 25.3. The summed E-state index contributed by atoms with van der Waals surface area (Å²) < 4.78 is 35.5. The minimum atomic E-state index is -3.70. The minimum absolute atomic E-state index is 0. The van der Waals surface area contributed by atoms with Gasteiger partial charge in [-0.15, -0.1) is 12.4 Å². The lowest BCUT2D eigenvalue weighted by atomic mass is 9.68. The Balaban J connectivity index is 0.00000361. The molecule has 0 fully saturated rings. The lowest BCUT2D eigenvalue weighted by Gasteiger charge is -2.44. The van der Waals surface area contributed by atoms with E-state index >= 15 is 0 Å². The molecule has 0 saturated heterocycles. The molecule has 0 spiro atoms. The lowest BCUT2D eigenvalue weighted by molar-refractivity contribution is -0.140. The number of hydrogen-bond donors (Lipinski definition) is 1. The van der Waals surface area contributed by atoms with E-state index in [2.05, 4.69) is 4.99 Å². The maximum atomic E-state index is 13.8. The number of allylic oxidation sites excluding steroid dienone is 2. The summed E-state index contributed by atoms with van der Waals surface area (Å²) in [6.07, 6.45) is 6.50. The minimum Gasteiger partial charge on any atom is -0.382 e. The number of aliphatic imine (C=N–C) groups is 1. The Morgan fingerprint density at radius 3 is 2.33 bits per heavy atom. The first kappa shape index (κ1) is 27.4. The lowest BCUT2D eigenvalue weighted by Crippen LogP contribution is -2.57. The fraction of sp³-hybridized carbons (Fsp3) is 0.308. The van der Waals surface area contributed by atoms with E-state index in [1.807, 2.05) is 48.6 Å². The number of carbonyl (C=O) groups is 1. The van der Waals surface area contributed by atoms with Gasteiger partial charge in [0.05, 0.1) is 5.75 Å². The molecule has 1 amide bonds. The molecule has 0 radical (unpaired) electrons. The van der Waals surface area contributed by atoms with Gasteiger partial charge in [-0.3, -0.25) is 9.69 Å². The van der Waals surface area contributed by atoms with Gasteiger partial charge >= 0.3 is 10.1 Å². The highest BCUT2D eigenvalue weighted by atomic mass is 35.5. The van der Waals surface area contributed by atoms with Crippen molar-refractivity contribution in [1.82, 2.24) is 4.90 Å². The van der Waals surface area contributed by atoms with Crippen LogP contribution >= 0.6 is 12.4 Å². The van der Waals surface area contributed by atoms with Gasteiger partial charge in [-0.05, 0) is 41.3 Å². The van der Waals surface area contributed by atoms with Gasteiger partial charge < -0.3 is 14.7 Å². The molecule has 8 nitrogen and oxygen atoms in total. The number of rotatable bonds is 8. The number of ether oxygens (including phenoxy) is 1. The molecule has 0 saturated carbocycles. The van der Waals surface area contributed by atoms with E-state index in [0.717, 1.165) is 11.1 Å². The number of likely N-dealkylation sites (N-methyl/N-ethyl adjacent to an activating group) is 1. The maximum absolute atomic E-state index is 13.8. The van der Waals surface area contributed by atoms with E-state index in [-0.39, 0.29) is 35.8 Å². The summed E-state index contributed by atoms with van der Waals surface area (Å²) in [6.45, 7) is 1.76. The number of methoxy groups -OCH3 is 1. The predicted molar refractivity (Wildman–Crippen MR) is 142 cm³/mol. The first-order valence-electron chi connectivity index (χ1n) is 11.3. The largest absolute Gasteiger partial charge is 0.382 e. The highest BCUT2D eigenvalue weighted by Crippen LogP contribution is 2.50. The van der Waals surface area contributed by atoms with Gasteiger partial charge in [-0.2, -0.15) is 8.42 Å². The summed E-state index contributed by atoms with van der Waals surface area (Å²) in [5.41, 5.74) is 5.95. The van der Waals surface area contributed by atoms with Gasteiger partial charge in [0.15, 0.2) is 5.96 Å². The number of amides is 1. The van der Waals surface area contributed by atoms with Crippen LogP contribution in [0.25, 0.3) is 5.57 Å². The van der Waals surface area contributed by atoms with E-state index in [9.17, 15) is 13.2 Å². The maximum Gasteiger partial charge on any atom is 0.309 e. The Morgan fingerprint density at radius 1 is 1.11 bits per heavy atom. The molecule has 0 aromatic heterocycles. The highest BCUT2D eigenvalue weighted by molar-refractivity contribution is 7.87. The number of carbonyl (C=O) groups excluding carboxylic acids is 1. The Morgan fingerprint density at radius 2 is 1.78 bits per heavy atom. The van der Waals surface area contributed by atoms with Gasteiger partial charge in [0, 0.05) is 20.6 Å². The standard InChI is InChI=1S/C26H29N3O5S.ClH/c1-4-17-35(31,32)34-22-14-12-21(13-15-22)26(23(30)29(2)24(27)28-26)25(33-3)16-8-11-20(18-25)19-9-6-5-7-10-19;/h5-16H,4,17-18H2,1-3H3,(H2,27,28);1H. The second-order valence-corrected chi connectivity index (χ2v) is 10.3. The van der Waals surface area contributed by atoms with E-state index in [4.69, 9.17) is 14.7 Å². The van der Waals surface area contributed by atoms with Crippen LogP contribution in [0.15, 0.2) is 77.8 Å². The highest BCUT2D eigenvalue weighted by Gasteiger charge is 2.62. The normalized spacial score (nSPS) is 23.6. The Hall–Kier alpha value is -3.14. The predicted octanol–water partition coefficient (Wildman–Crippen LogP) is 3.64. The van der Waals surface area contributed by atoms with E-state index < -0.39 is 21.3 Å². The van der Waals surface area contributed by atoms with Crippen molar-refractivity contribution >= 4 is 40.0 Å². The van der Waals surface area contributed by atoms with Crippen molar-refractivity contribution in [2.24, 2.45) is 10.7 Å². The van der Waals surface area contributed by atoms with Crippen molar-refractivity contribution in [3.63, 3.8) is 0 Å². The van der Waals surface area contributed by atoms with Crippen molar-refractivity contribution in [2.45, 2.75) is 30.9 Å². The Kier molecular flexibility index (Phi) is 7.97. The molecule has 2 N–H and O–H groups in total. The second-order valence-electron chi connectivity index (χ2n) is 8.60. The van der Waals surface area contributed by atoms with Gasteiger partial charge in [-0.1, -0.05) is 61.5 Å². The smallest absolute Gasteiger partial charge is 0.309 e. The number of benzene rings is 2. The number of guanidine groups is 1. The summed E-state index contributed by atoms with van der Waals surface area (Å²) in [4.78, 5) is 19.8. The number of nitrogens with two attached hydrogens (primary N) is 1. The van der Waals surface area contributed by atoms with Crippen LogP contribution in [-0.4, -0.2) is 50.7 Å². The molecule has 10 heteroatoms. The number of nitrogens with zero attached hydrogens (tertiary/aromatic N) is 2. The fourth-order valence-electron chi connectivity index (χ4n) is 4.65. The van der Waals surface area contributed by atoms with Crippen LogP contribution in [0.5, 0.6) is 5.75 Å². The van der Waals surface area contributed by atoms with Crippen LogP contribution in [0, 0.1) is 0 Å². The first-order valence-corrected chi connectivity index (χ1v) is 12.9. The Labute approximate surface area is 218 Å². The molecule has 36 heavy (non-hydrogen) atoms. The molecule has 2 aromatic rings. The van der Waals surface area contributed by atoms with E-state index in [0.29, 0.717) is 18.4 Å². The van der Waals surface area contributed by atoms with E-state index in [1.165, 1.54) is 17.0 Å². The van der Waals surface area contributed by atoms with Crippen LogP contribution in [0.1, 0.15) is 30.9 Å². The second kappa shape index (κ2) is 10.5. The van der Waals surface area contributed by atoms with Gasteiger partial charge in [0.2, 0.25) is 5.54 Å². The van der Waals surface area contributed by atoms with E-state index in [1.54, 1.807) is 33.2 Å². The van der Waals surface area contributed by atoms with Crippen molar-refractivity contribution in [3.05, 3.63) is 84.0 Å². The molecule has 2 unspecified atom stereocenters. The molecule has 2 aromatic carbocycles. The summed E-state index contributed by atoms with van der Waals surface area (Å²) >= 11 is 0. The molecule has 1 heterocycles. The summed E-state index contributed by atoms with van der Waals surface area (Å²) in [6, 6.07) is 16.2. The summed E-state index contributed by atoms with van der Waals surface area (Å²) in [5, 5.41) is 0. The Bertz CT molecular complexity index is 1310. The molecule has 1 aliphatic carbocycles. The van der Waals surface area contributed by atoms with Crippen molar-refractivity contribution in [3.8, 4) is 5.75 Å². The van der Waals surface area contributed by atoms with Crippen LogP contribution in [0.4, 0.5) is 0 Å². The van der Waals surface area contributed by atoms with Crippen molar-refractivity contribution < 1.29 is 22.1 Å². The molecule has 4 rings (SSSR count). The average Bonchev–Trinajstić information content (AvgIpc) is 3.09. The van der Waals surface area contributed by atoms with Crippen LogP contribution in [0.3, 0.4) is 0 Å². The number of halogens is 1. The van der Waals surface area contributed by atoms with Gasteiger partial charge in [0.25, 0.3) is 5.91 Å². The summed E-state index contributed by atoms with van der Waals surface area (Å²) in [5.74, 6) is -0.206. The number of hydrogen-bond acceptors (Lipinski definition) is 7.